The summed E-state index contributed by atoms with van der Waals surface area (Å²) in [6.45, 7) is 42.8. The first-order valence-electron chi connectivity index (χ1n) is 31.1. The third kappa shape index (κ3) is 51.9. The quantitative estimate of drug-likeness (QED) is 0.0714. The molecule has 0 aliphatic carbocycles. The van der Waals surface area contributed by atoms with Crippen LogP contribution in [0.4, 0.5) is 24.0 Å². The van der Waals surface area contributed by atoms with E-state index in [4.69, 9.17) is 28.8 Å². The van der Waals surface area contributed by atoms with Gasteiger partial charge in [0.2, 0.25) is 5.91 Å². The van der Waals surface area contributed by atoms with Gasteiger partial charge in [-0.05, 0) is 237 Å². The van der Waals surface area contributed by atoms with Crippen LogP contribution in [-0.2, 0) is 66.8 Å². The minimum absolute atomic E-state index is 0. The molecule has 0 aromatic carbocycles. The zero-order valence-corrected chi connectivity index (χ0v) is 65.8. The number of nitrogens with zero attached hydrogens (tertiary/aromatic N) is 3. The number of amides is 4. The molecule has 0 bridgehead atoms. The summed E-state index contributed by atoms with van der Waals surface area (Å²) in [6.07, 6.45) is 4.65. The van der Waals surface area contributed by atoms with Crippen molar-refractivity contribution in [2.75, 3.05) is 0 Å². The minimum Gasteiger partial charge on any atom is -1.00 e. The molecule has 554 valence electrons. The van der Waals surface area contributed by atoms with Crippen LogP contribution in [-0.4, -0.2) is 209 Å². The molecule has 0 aromatic heterocycles. The number of ketones is 6. The number of hydrogen-bond acceptors (Lipinski definition) is 23. The Morgan fingerprint density at radius 1 is 0.567 bits per heavy atom. The van der Waals surface area contributed by atoms with Gasteiger partial charge in [0.05, 0.1) is 18.1 Å². The number of likely N-dealkylation sites (tertiary alicyclic amines) is 2. The first kappa shape index (κ1) is 108. The van der Waals surface area contributed by atoms with Crippen LogP contribution in [0, 0.1) is 7.43 Å². The first-order chi connectivity index (χ1) is 41.1. The summed E-state index contributed by atoms with van der Waals surface area (Å²) in [4.78, 5) is 151. The summed E-state index contributed by atoms with van der Waals surface area (Å²) < 4.78 is 29.1. The zero-order valence-electron chi connectivity index (χ0n) is 62.8. The molecule has 5 rings (SSSR count). The van der Waals surface area contributed by atoms with Gasteiger partial charge < -0.3 is 84.2 Å². The van der Waals surface area contributed by atoms with Gasteiger partial charge in [0.1, 0.15) is 63.5 Å². The van der Waals surface area contributed by atoms with Gasteiger partial charge >= 0.3 is 78.5 Å². The van der Waals surface area contributed by atoms with Gasteiger partial charge in [0.15, 0.2) is 17.3 Å². The number of carboxylic acids is 1. The van der Waals surface area contributed by atoms with E-state index in [0.29, 0.717) is 37.8 Å². The van der Waals surface area contributed by atoms with Crippen molar-refractivity contribution in [3.05, 3.63) is 7.43 Å². The Morgan fingerprint density at radius 3 is 1.25 bits per heavy atom. The molecule has 0 saturated carbocycles. The molecule has 4 amide bonds. The van der Waals surface area contributed by atoms with Crippen LogP contribution < -0.4 is 51.8 Å². The van der Waals surface area contributed by atoms with E-state index in [-0.39, 0.29) is 157 Å². The fraction of sp³-hybridized carbons (Fsp3) is 0.776. The molecular formula is C67H120BrLiMgN6O21. The molecule has 0 unspecified atom stereocenters. The summed E-state index contributed by atoms with van der Waals surface area (Å²) in [5, 5.41) is 17.9. The van der Waals surface area contributed by atoms with Crippen molar-refractivity contribution in [1.29, 1.82) is 0 Å². The molecule has 5 aliphatic rings. The second-order valence-corrected chi connectivity index (χ2v) is 28.3. The third-order valence-electron chi connectivity index (χ3n) is 13.1. The maximum absolute atomic E-state index is 11.8. The number of hydrogen-bond donors (Lipinski definition) is 4. The summed E-state index contributed by atoms with van der Waals surface area (Å²) in [7, 11) is 0. The Hall–Kier alpha value is -4.90. The number of rotatable bonds is 10. The van der Waals surface area contributed by atoms with Gasteiger partial charge in [-0.25, -0.2) is 33.7 Å². The molecule has 0 aromatic rings. The topological polar surface area (TPSA) is 382 Å². The number of carboxylic acid groups (broad SMARTS) is 1. The number of carbonyl (C=O) groups excluding carboxylic acids is 12. The van der Waals surface area contributed by atoms with Gasteiger partial charge in [-0.3, -0.25) is 38.7 Å². The largest absolute Gasteiger partial charge is 2.00 e. The average molecular weight is 1460 g/mol. The number of aliphatic carboxylic acids is 1. The Morgan fingerprint density at radius 2 is 0.969 bits per heavy atom. The number of nitrogens with one attached hydrogen (secondary N) is 3. The van der Waals surface area contributed by atoms with E-state index in [9.17, 15) is 62.3 Å². The van der Waals surface area contributed by atoms with E-state index in [1.807, 2.05) is 13.8 Å². The fourth-order valence-electron chi connectivity index (χ4n) is 8.77. The fourth-order valence-corrected chi connectivity index (χ4v) is 8.77. The smallest absolute Gasteiger partial charge is 1.00 e. The molecule has 5 aliphatic heterocycles. The number of aliphatic imine (C=N–C) groups is 1. The van der Waals surface area contributed by atoms with E-state index in [0.717, 1.165) is 49.1 Å². The number of Topliss-reactive ketones (excluding diaryl/α,β-unsaturated/α-hetero) is 6. The SMILES string of the molecule is C.CC(=O)CC[C@H](NC(=O)OC(C)(C)C)C(C)=O.CC(=O)[C@@H]1CCC(=O)N1C(=O)OC(C)(C)C.CC(=O)[C@@H]1CCC(C)=N1.CC(=O)[C@@H]1CC[C@H](C)N1.CC(=O)[C@@H]1CC[C@H](C)N1.CC(C)(C)OC(=O)OC(=O)OC(C)(C)C.C[C@H]1CC[C@@H](C(=O)O)N1C(=O)OC(C)(C)C.[Br-].[CH3-].[Li+].[Mg+2].[OH-]. The molecule has 0 spiro atoms. The van der Waals surface area contributed by atoms with E-state index < -0.39 is 82.7 Å². The van der Waals surface area contributed by atoms with Crippen LogP contribution in [0.15, 0.2) is 4.99 Å². The Labute approximate surface area is 617 Å². The third-order valence-corrected chi connectivity index (χ3v) is 13.1. The summed E-state index contributed by atoms with van der Waals surface area (Å²) in [5.41, 5.74) is -2.14. The van der Waals surface area contributed by atoms with Crippen molar-refractivity contribution in [2.45, 2.75) is 340 Å². The predicted octanol–water partition coefficient (Wildman–Crippen LogP) is 5.24. The number of ether oxygens (including phenoxy) is 6. The van der Waals surface area contributed by atoms with E-state index in [1.54, 1.807) is 125 Å². The van der Waals surface area contributed by atoms with E-state index in [2.05, 4.69) is 39.5 Å². The number of alkyl carbamates (subject to hydrolysis) is 1. The van der Waals surface area contributed by atoms with Gasteiger partial charge in [-0.1, -0.05) is 7.43 Å². The van der Waals surface area contributed by atoms with Crippen LogP contribution in [0.3, 0.4) is 0 Å². The van der Waals surface area contributed by atoms with Gasteiger partial charge in [0.25, 0.3) is 0 Å². The maximum Gasteiger partial charge on any atom is 2.00 e. The van der Waals surface area contributed by atoms with Crippen LogP contribution in [0.5, 0.6) is 0 Å². The number of carbonyl (C=O) groups is 13. The van der Waals surface area contributed by atoms with Gasteiger partial charge in [-0.15, -0.1) is 0 Å². The summed E-state index contributed by atoms with van der Waals surface area (Å²) in [6, 6.07) is -0.750. The second-order valence-electron chi connectivity index (χ2n) is 28.3. The Kier molecular flexibility index (Phi) is 55.3. The molecule has 4 fully saturated rings. The number of imide groups is 1. The zero-order chi connectivity index (χ0) is 71.5. The molecule has 27 nitrogen and oxygen atoms in total. The van der Waals surface area contributed by atoms with E-state index >= 15 is 0 Å². The second kappa shape index (κ2) is 49.6. The monoisotopic (exact) mass is 1450 g/mol. The molecule has 4 saturated heterocycles. The van der Waals surface area contributed by atoms with Crippen molar-refractivity contribution in [1.82, 2.24) is 25.8 Å². The van der Waals surface area contributed by atoms with E-state index in [1.165, 1.54) is 25.7 Å². The predicted molar refractivity (Wildman–Crippen MR) is 363 cm³/mol. The summed E-state index contributed by atoms with van der Waals surface area (Å²) in [5.74, 6) is -0.925. The van der Waals surface area contributed by atoms with Crippen LogP contribution in [0.2, 0.25) is 0 Å². The van der Waals surface area contributed by atoms with Gasteiger partial charge in [-0.2, -0.15) is 0 Å². The molecule has 5 N–H and O–H groups in total. The number of halogens is 1. The molecular weight excluding hydrogens is 1340 g/mol. The van der Waals surface area contributed by atoms with Crippen molar-refractivity contribution in [3.8, 4) is 0 Å². The van der Waals surface area contributed by atoms with Crippen molar-refractivity contribution in [3.63, 3.8) is 0 Å². The average Bonchev–Trinajstić information content (AvgIpc) is 1.83. The van der Waals surface area contributed by atoms with Crippen molar-refractivity contribution in [2.24, 2.45) is 4.99 Å². The van der Waals surface area contributed by atoms with Crippen LogP contribution in [0.25, 0.3) is 0 Å². The standard InChI is InChI=1S/C12H21NO4.C11H17NO4.C11H19NO4.C10H18O5.2C7H13NO.C7H11NO.CH4.CH3.BrH.Li.Mg.H2O/c1-8(14)6-7-10(9(2)15)13-11(16)17-12(3,4)5;1-7(13)8-5-6-9(14)12(8)10(15)16-11(2,3)4;1-7-5-6-8(9(13)14)12(7)10(15)16-11(2,3)4;1-9(2,3)14-7(11)13-8(12)15-10(4,5)6;3*1-5-3-4-7(8-5)6(2)9;;;;;;/h10H,6-7H2,1-5H3,(H,13,16);8H,5-6H2,1-4H3;7-8H,5-6H2,1-4H3,(H,13,14);1-6H3;2*5,7-8H,3-4H2,1-2H3;7H,3-4H2,1-2H3;1H4;1H3;1H;;;1H2/q;;;;;;;;-1;;+1;+2;/p-2/t10-;8-;7-,8-;;2*5-,7-;7-;;;;;;/m000.000....../s1. The van der Waals surface area contributed by atoms with Crippen molar-refractivity contribution < 1.29 is 137 Å². The molecule has 30 heteroatoms. The molecule has 0 radical (unpaired) electrons. The molecule has 5 heterocycles. The summed E-state index contributed by atoms with van der Waals surface area (Å²) >= 11 is 0. The Bertz CT molecular complexity index is 2480. The molecule has 97 heavy (non-hydrogen) atoms. The Balaban J connectivity index is -0.000000159. The van der Waals surface area contributed by atoms with Gasteiger partial charge in [0, 0.05) is 36.7 Å². The van der Waals surface area contributed by atoms with Crippen LogP contribution >= 0.6 is 0 Å². The molecule has 9 atom stereocenters. The maximum atomic E-state index is 11.8. The van der Waals surface area contributed by atoms with Crippen LogP contribution in [0.1, 0.15) is 258 Å². The minimum atomic E-state index is -1.06. The normalized spacial score (nSPS) is 20.7. The first-order valence-corrected chi connectivity index (χ1v) is 31.1. The van der Waals surface area contributed by atoms with Crippen molar-refractivity contribution >= 4 is 106 Å².